The number of nitrogens with zero attached hydrogens (tertiary/aromatic N) is 3. The molecule has 2 fully saturated rings. The molecule has 0 radical (unpaired) electrons. The average Bonchev–Trinajstić information content (AvgIpc) is 3.36. The number of hydrogen-bond donors (Lipinski definition) is 0. The Morgan fingerprint density at radius 3 is 2.61 bits per heavy atom. The van der Waals surface area contributed by atoms with Gasteiger partial charge in [-0.1, -0.05) is 19.1 Å². The van der Waals surface area contributed by atoms with Gasteiger partial charge in [-0.2, -0.15) is 0 Å². The Labute approximate surface area is 200 Å². The Morgan fingerprint density at radius 2 is 1.97 bits per heavy atom. The number of fused-ring (bicyclic) bond motifs is 3. The minimum absolute atomic E-state index is 0.122. The Kier molecular flexibility index (Phi) is 5.87. The number of ether oxygens (including phenoxy) is 2. The van der Waals surface area contributed by atoms with Crippen LogP contribution < -0.4 is 9.47 Å². The van der Waals surface area contributed by atoms with Crippen molar-refractivity contribution < 1.29 is 14.3 Å². The van der Waals surface area contributed by atoms with Gasteiger partial charge >= 0.3 is 6.03 Å². The van der Waals surface area contributed by atoms with E-state index >= 15 is 0 Å². The molecule has 1 aromatic heterocycles. The van der Waals surface area contributed by atoms with Gasteiger partial charge in [0.05, 0.1) is 26.3 Å². The van der Waals surface area contributed by atoms with Gasteiger partial charge < -0.3 is 14.4 Å². The highest BCUT2D eigenvalue weighted by Gasteiger charge is 2.54. The highest BCUT2D eigenvalue weighted by atomic mass is 32.1. The lowest BCUT2D eigenvalue weighted by atomic mass is 9.82. The molecule has 4 heterocycles. The van der Waals surface area contributed by atoms with Crippen molar-refractivity contribution >= 4 is 17.4 Å². The molecular weight excluding hydrogens is 434 g/mol. The van der Waals surface area contributed by atoms with Gasteiger partial charge in [0.15, 0.2) is 0 Å². The Hall–Kier alpha value is -2.51. The third-order valence-electron chi connectivity index (χ3n) is 7.55. The quantitative estimate of drug-likeness (QED) is 0.617. The van der Waals surface area contributed by atoms with Crippen molar-refractivity contribution in [1.29, 1.82) is 0 Å². The SMILES string of the molecule is CCN1C(=O)N2Cc3cc(OC)cc(OC)c3C(C)C=C2C12CCN(Cc1cccs1)CC2. The number of amides is 2. The standard InChI is InChI=1S/C26H33N3O3S/c1-5-29-25(30)28-16-19-14-20(31-3)15-22(32-4)24(19)18(2)13-23(28)26(29)8-10-27(11-9-26)17-21-7-6-12-33-21/h6-7,12-15,18H,5,8-11,16-17H2,1-4H3. The van der Waals surface area contributed by atoms with E-state index in [0.29, 0.717) is 6.54 Å². The predicted octanol–water partition coefficient (Wildman–Crippen LogP) is 5.06. The summed E-state index contributed by atoms with van der Waals surface area (Å²) in [6.07, 6.45) is 4.25. The lowest BCUT2D eigenvalue weighted by molar-refractivity contribution is 0.0893. The van der Waals surface area contributed by atoms with Gasteiger partial charge in [0.2, 0.25) is 0 Å². The smallest absolute Gasteiger partial charge is 0.325 e. The van der Waals surface area contributed by atoms with Crippen LogP contribution in [0.1, 0.15) is 48.6 Å². The van der Waals surface area contributed by atoms with Crippen molar-refractivity contribution in [2.45, 2.75) is 51.2 Å². The normalized spacial score (nSPS) is 22.1. The van der Waals surface area contributed by atoms with E-state index in [1.54, 1.807) is 14.2 Å². The van der Waals surface area contributed by atoms with Crippen LogP contribution in [0.15, 0.2) is 41.4 Å². The van der Waals surface area contributed by atoms with Gasteiger partial charge in [-0.05, 0) is 42.8 Å². The maximum atomic E-state index is 13.7. The van der Waals surface area contributed by atoms with Crippen LogP contribution in [0.5, 0.6) is 11.5 Å². The first kappa shape index (κ1) is 22.3. The van der Waals surface area contributed by atoms with Crippen molar-refractivity contribution in [3.63, 3.8) is 0 Å². The minimum Gasteiger partial charge on any atom is -0.497 e. The summed E-state index contributed by atoms with van der Waals surface area (Å²) in [6.45, 7) is 8.57. The number of carbonyl (C=O) groups excluding carboxylic acids is 1. The van der Waals surface area contributed by atoms with Crippen LogP contribution in [-0.2, 0) is 13.1 Å². The number of piperidine rings is 1. The highest BCUT2D eigenvalue weighted by Crippen LogP contribution is 2.49. The lowest BCUT2D eigenvalue weighted by Gasteiger charge is -2.44. The highest BCUT2D eigenvalue weighted by molar-refractivity contribution is 7.09. The number of allylic oxidation sites excluding steroid dienone is 1. The van der Waals surface area contributed by atoms with Crippen LogP contribution in [0.2, 0.25) is 0 Å². The summed E-state index contributed by atoms with van der Waals surface area (Å²) in [6, 6.07) is 8.46. The third kappa shape index (κ3) is 3.62. The molecular formula is C26H33N3O3S. The second kappa shape index (κ2) is 8.69. The molecule has 1 atom stereocenters. The molecule has 5 rings (SSSR count). The maximum absolute atomic E-state index is 13.7. The molecule has 0 N–H and O–H groups in total. The summed E-state index contributed by atoms with van der Waals surface area (Å²) in [7, 11) is 3.37. The topological polar surface area (TPSA) is 45.3 Å². The van der Waals surface area contributed by atoms with Crippen LogP contribution in [0.4, 0.5) is 4.79 Å². The molecule has 33 heavy (non-hydrogen) atoms. The van der Waals surface area contributed by atoms with Crippen LogP contribution in [0.3, 0.4) is 0 Å². The van der Waals surface area contributed by atoms with Gasteiger partial charge in [-0.3, -0.25) is 9.80 Å². The molecule has 7 heteroatoms. The molecule has 0 bridgehead atoms. The minimum atomic E-state index is -0.231. The monoisotopic (exact) mass is 467 g/mol. The molecule has 2 amide bonds. The van der Waals surface area contributed by atoms with E-state index in [2.05, 4.69) is 53.3 Å². The largest absolute Gasteiger partial charge is 0.497 e. The number of thiophene rings is 1. The first-order valence-corrected chi connectivity index (χ1v) is 12.7. The van der Waals surface area contributed by atoms with Gasteiger partial charge in [-0.15, -0.1) is 11.3 Å². The summed E-state index contributed by atoms with van der Waals surface area (Å²) in [5.41, 5.74) is 3.20. The predicted molar refractivity (Wildman–Crippen MR) is 131 cm³/mol. The zero-order valence-electron chi connectivity index (χ0n) is 20.0. The number of likely N-dealkylation sites (tertiary alicyclic amines) is 1. The average molecular weight is 468 g/mol. The van der Waals surface area contributed by atoms with E-state index in [1.807, 2.05) is 22.3 Å². The summed E-state index contributed by atoms with van der Waals surface area (Å²) in [5, 5.41) is 2.14. The van der Waals surface area contributed by atoms with Gasteiger partial charge in [0.1, 0.15) is 11.5 Å². The van der Waals surface area contributed by atoms with Crippen molar-refractivity contribution in [2.75, 3.05) is 33.9 Å². The van der Waals surface area contributed by atoms with Crippen molar-refractivity contribution in [3.05, 3.63) is 57.4 Å². The van der Waals surface area contributed by atoms with Gasteiger partial charge in [0, 0.05) is 54.3 Å². The molecule has 1 spiro atoms. The zero-order chi connectivity index (χ0) is 23.2. The Balaban J connectivity index is 1.49. The number of carbonyl (C=O) groups is 1. The molecule has 3 aliphatic heterocycles. The number of hydrogen-bond acceptors (Lipinski definition) is 5. The van der Waals surface area contributed by atoms with Crippen molar-refractivity contribution in [2.24, 2.45) is 0 Å². The fraction of sp³-hybridized carbons (Fsp3) is 0.500. The number of rotatable bonds is 5. The van der Waals surface area contributed by atoms with E-state index in [-0.39, 0.29) is 17.5 Å². The molecule has 2 saturated heterocycles. The summed E-state index contributed by atoms with van der Waals surface area (Å²) in [5.74, 6) is 1.73. The number of urea groups is 1. The van der Waals surface area contributed by atoms with Crippen LogP contribution in [0.25, 0.3) is 0 Å². The van der Waals surface area contributed by atoms with E-state index in [9.17, 15) is 4.79 Å². The third-order valence-corrected chi connectivity index (χ3v) is 8.41. The number of methoxy groups -OCH3 is 2. The molecule has 1 aromatic carbocycles. The first-order chi connectivity index (χ1) is 16.0. The van der Waals surface area contributed by atoms with Gasteiger partial charge in [0.25, 0.3) is 0 Å². The fourth-order valence-electron chi connectivity index (χ4n) is 5.97. The number of likely N-dealkylation sites (N-methyl/N-ethyl adjacent to an activating group) is 1. The molecule has 0 aliphatic carbocycles. The van der Waals surface area contributed by atoms with Crippen LogP contribution in [-0.4, -0.2) is 60.1 Å². The second-order valence-corrected chi connectivity index (χ2v) is 10.3. The Bertz CT molecular complexity index is 1060. The van der Waals surface area contributed by atoms with E-state index < -0.39 is 0 Å². The maximum Gasteiger partial charge on any atom is 0.325 e. The van der Waals surface area contributed by atoms with E-state index in [1.165, 1.54) is 10.6 Å². The molecule has 1 unspecified atom stereocenters. The lowest BCUT2D eigenvalue weighted by Crippen LogP contribution is -2.53. The fourth-order valence-corrected chi connectivity index (χ4v) is 6.71. The molecule has 6 nitrogen and oxygen atoms in total. The molecule has 0 saturated carbocycles. The summed E-state index contributed by atoms with van der Waals surface area (Å²) < 4.78 is 11.3. The van der Waals surface area contributed by atoms with Crippen LogP contribution >= 0.6 is 11.3 Å². The summed E-state index contributed by atoms with van der Waals surface area (Å²) in [4.78, 5) is 21.8. The second-order valence-electron chi connectivity index (χ2n) is 9.24. The van der Waals surface area contributed by atoms with E-state index in [4.69, 9.17) is 9.47 Å². The summed E-state index contributed by atoms with van der Waals surface area (Å²) >= 11 is 1.82. The van der Waals surface area contributed by atoms with Crippen molar-refractivity contribution in [1.82, 2.24) is 14.7 Å². The van der Waals surface area contributed by atoms with Crippen LogP contribution in [0, 0.1) is 0 Å². The molecule has 2 aromatic rings. The first-order valence-electron chi connectivity index (χ1n) is 11.8. The Morgan fingerprint density at radius 1 is 1.18 bits per heavy atom. The number of benzene rings is 1. The molecule has 3 aliphatic rings. The van der Waals surface area contributed by atoms with Gasteiger partial charge in [-0.25, -0.2) is 4.79 Å². The van der Waals surface area contributed by atoms with E-state index in [0.717, 1.165) is 61.6 Å². The van der Waals surface area contributed by atoms with Crippen molar-refractivity contribution in [3.8, 4) is 11.5 Å². The zero-order valence-corrected chi connectivity index (χ0v) is 20.8. The molecule has 176 valence electrons.